The van der Waals surface area contributed by atoms with Gasteiger partial charge in [-0.25, -0.2) is 4.98 Å². The number of hydrogen-bond acceptors (Lipinski definition) is 6. The lowest BCUT2D eigenvalue weighted by molar-refractivity contribution is 0.297. The first-order chi connectivity index (χ1) is 13.3. The number of ether oxygens (including phenoxy) is 2. The van der Waals surface area contributed by atoms with Crippen molar-refractivity contribution >= 4 is 28.1 Å². The van der Waals surface area contributed by atoms with Crippen LogP contribution in [0.2, 0.25) is 0 Å². The number of rotatable bonds is 3. The number of nitrogens with zero attached hydrogens (tertiary/aromatic N) is 2. The van der Waals surface area contributed by atoms with Crippen molar-refractivity contribution in [3.8, 4) is 11.5 Å². The molecule has 0 saturated heterocycles. The predicted octanol–water partition coefficient (Wildman–Crippen LogP) is 4.09. The number of fused-ring (bicyclic) bond motifs is 4. The molecule has 5 rings (SSSR count). The third kappa shape index (κ3) is 3.34. The molecule has 1 aromatic carbocycles. The van der Waals surface area contributed by atoms with E-state index in [-0.39, 0.29) is 5.56 Å². The van der Waals surface area contributed by atoms with E-state index in [1.165, 1.54) is 17.0 Å². The largest absolute Gasteiger partial charge is 0.490 e. The first-order valence-electron chi connectivity index (χ1n) is 9.33. The van der Waals surface area contributed by atoms with Crippen LogP contribution in [0.4, 0.5) is 0 Å². The molecule has 2 aliphatic rings. The second kappa shape index (κ2) is 7.20. The fraction of sp³-hybridized carbons (Fsp3) is 0.400. The van der Waals surface area contributed by atoms with Gasteiger partial charge in [0.15, 0.2) is 16.5 Å². The Morgan fingerprint density at radius 1 is 1.07 bits per heavy atom. The SMILES string of the molecule is O=c1cc(CSc2ccc3c(c2)OCCCO3)nc2sc3c(n12)CCCC3. The number of aromatic nitrogens is 2. The zero-order valence-corrected chi connectivity index (χ0v) is 16.5. The van der Waals surface area contributed by atoms with Crippen molar-refractivity contribution in [3.05, 3.63) is 50.9 Å². The van der Waals surface area contributed by atoms with Gasteiger partial charge in [-0.1, -0.05) is 0 Å². The predicted molar refractivity (Wildman–Crippen MR) is 108 cm³/mol. The van der Waals surface area contributed by atoms with E-state index in [9.17, 15) is 4.79 Å². The molecular formula is C20H20N2O3S2. The fourth-order valence-electron chi connectivity index (χ4n) is 3.61. The van der Waals surface area contributed by atoms with E-state index >= 15 is 0 Å². The average Bonchev–Trinajstić information content (AvgIpc) is 2.89. The van der Waals surface area contributed by atoms with Gasteiger partial charge in [-0.15, -0.1) is 23.1 Å². The number of thioether (sulfide) groups is 1. The number of hydrogen-bond donors (Lipinski definition) is 0. The quantitative estimate of drug-likeness (QED) is 0.620. The zero-order chi connectivity index (χ0) is 18.2. The first-order valence-corrected chi connectivity index (χ1v) is 11.1. The molecular weight excluding hydrogens is 380 g/mol. The van der Waals surface area contributed by atoms with Crippen LogP contribution in [0.3, 0.4) is 0 Å². The molecule has 0 radical (unpaired) electrons. The lowest BCUT2D eigenvalue weighted by Crippen LogP contribution is -2.17. The molecule has 5 nitrogen and oxygen atoms in total. The van der Waals surface area contributed by atoms with E-state index in [1.807, 2.05) is 22.6 Å². The first kappa shape index (κ1) is 17.1. The Morgan fingerprint density at radius 3 is 2.85 bits per heavy atom. The van der Waals surface area contributed by atoms with Crippen LogP contribution < -0.4 is 15.0 Å². The molecule has 0 bridgehead atoms. The molecule has 27 heavy (non-hydrogen) atoms. The van der Waals surface area contributed by atoms with Gasteiger partial charge in [0.1, 0.15) is 0 Å². The molecule has 0 saturated carbocycles. The molecule has 0 amide bonds. The van der Waals surface area contributed by atoms with Crippen molar-refractivity contribution < 1.29 is 9.47 Å². The summed E-state index contributed by atoms with van der Waals surface area (Å²) in [5.74, 6) is 2.26. The van der Waals surface area contributed by atoms with Crippen LogP contribution in [0, 0.1) is 0 Å². The third-order valence-electron chi connectivity index (χ3n) is 4.92. The van der Waals surface area contributed by atoms with Gasteiger partial charge in [0.25, 0.3) is 5.56 Å². The van der Waals surface area contributed by atoms with Crippen molar-refractivity contribution in [2.24, 2.45) is 0 Å². The van der Waals surface area contributed by atoms with Gasteiger partial charge < -0.3 is 9.47 Å². The maximum absolute atomic E-state index is 12.7. The molecule has 2 aromatic heterocycles. The van der Waals surface area contributed by atoms with E-state index in [2.05, 4.69) is 0 Å². The summed E-state index contributed by atoms with van der Waals surface area (Å²) in [5.41, 5.74) is 2.06. The molecule has 0 unspecified atom stereocenters. The van der Waals surface area contributed by atoms with Gasteiger partial charge in [0.2, 0.25) is 0 Å². The maximum Gasteiger partial charge on any atom is 0.259 e. The van der Waals surface area contributed by atoms with E-state index in [4.69, 9.17) is 14.5 Å². The summed E-state index contributed by atoms with van der Waals surface area (Å²) in [5, 5.41) is 0. The van der Waals surface area contributed by atoms with Crippen molar-refractivity contribution in [1.82, 2.24) is 9.38 Å². The number of aryl methyl sites for hydroxylation is 2. The van der Waals surface area contributed by atoms with Crippen LogP contribution >= 0.6 is 23.1 Å². The fourth-order valence-corrected chi connectivity index (χ4v) is 5.66. The maximum atomic E-state index is 12.7. The Morgan fingerprint density at radius 2 is 1.93 bits per heavy atom. The van der Waals surface area contributed by atoms with Gasteiger partial charge in [-0.05, 0) is 43.9 Å². The van der Waals surface area contributed by atoms with Crippen LogP contribution in [-0.2, 0) is 18.6 Å². The number of thiazole rings is 1. The van der Waals surface area contributed by atoms with E-state index in [0.717, 1.165) is 52.7 Å². The van der Waals surface area contributed by atoms with Gasteiger partial charge >= 0.3 is 0 Å². The minimum atomic E-state index is 0.0497. The molecule has 1 aliphatic carbocycles. The highest BCUT2D eigenvalue weighted by atomic mass is 32.2. The highest BCUT2D eigenvalue weighted by Crippen LogP contribution is 2.35. The van der Waals surface area contributed by atoms with E-state index in [1.54, 1.807) is 29.2 Å². The average molecular weight is 401 g/mol. The summed E-state index contributed by atoms with van der Waals surface area (Å²) in [6.07, 6.45) is 5.33. The molecule has 3 heterocycles. The van der Waals surface area contributed by atoms with Crippen LogP contribution in [0.15, 0.2) is 34.0 Å². The smallest absolute Gasteiger partial charge is 0.259 e. The van der Waals surface area contributed by atoms with E-state index < -0.39 is 0 Å². The van der Waals surface area contributed by atoms with Crippen LogP contribution in [0.5, 0.6) is 11.5 Å². The molecule has 0 spiro atoms. The van der Waals surface area contributed by atoms with Crippen LogP contribution in [0.1, 0.15) is 35.5 Å². The Kier molecular flexibility index (Phi) is 4.57. The van der Waals surface area contributed by atoms with Crippen LogP contribution in [0.25, 0.3) is 4.96 Å². The molecule has 3 aromatic rings. The second-order valence-electron chi connectivity index (χ2n) is 6.83. The Bertz CT molecular complexity index is 1060. The zero-order valence-electron chi connectivity index (χ0n) is 14.9. The van der Waals surface area contributed by atoms with Gasteiger partial charge in [0, 0.05) is 33.7 Å². The summed E-state index contributed by atoms with van der Waals surface area (Å²) >= 11 is 3.34. The lowest BCUT2D eigenvalue weighted by Gasteiger charge is -2.10. The third-order valence-corrected chi connectivity index (χ3v) is 7.09. The van der Waals surface area contributed by atoms with Crippen molar-refractivity contribution in [2.45, 2.75) is 42.8 Å². The molecule has 7 heteroatoms. The molecule has 0 N–H and O–H groups in total. The number of benzene rings is 1. The summed E-state index contributed by atoms with van der Waals surface area (Å²) in [7, 11) is 0. The Balaban J connectivity index is 1.39. The highest BCUT2D eigenvalue weighted by molar-refractivity contribution is 7.98. The van der Waals surface area contributed by atoms with E-state index in [0.29, 0.717) is 19.0 Å². The van der Waals surface area contributed by atoms with Crippen molar-refractivity contribution in [2.75, 3.05) is 13.2 Å². The minimum absolute atomic E-state index is 0.0497. The Labute approximate surface area is 165 Å². The van der Waals surface area contributed by atoms with Gasteiger partial charge in [-0.2, -0.15) is 0 Å². The minimum Gasteiger partial charge on any atom is -0.490 e. The van der Waals surface area contributed by atoms with Crippen molar-refractivity contribution in [1.29, 1.82) is 0 Å². The summed E-state index contributed by atoms with van der Waals surface area (Å²) in [6, 6.07) is 7.69. The van der Waals surface area contributed by atoms with Gasteiger partial charge in [-0.3, -0.25) is 9.20 Å². The molecule has 1 aliphatic heterocycles. The van der Waals surface area contributed by atoms with Crippen LogP contribution in [-0.4, -0.2) is 22.6 Å². The van der Waals surface area contributed by atoms with Crippen molar-refractivity contribution in [3.63, 3.8) is 0 Å². The normalized spacial score (nSPS) is 16.1. The molecule has 0 atom stereocenters. The Hall–Kier alpha value is -1.99. The highest BCUT2D eigenvalue weighted by Gasteiger charge is 2.18. The summed E-state index contributed by atoms with van der Waals surface area (Å²) in [4.78, 5) is 20.7. The summed E-state index contributed by atoms with van der Waals surface area (Å²) in [6.45, 7) is 1.37. The topological polar surface area (TPSA) is 52.8 Å². The lowest BCUT2D eigenvalue weighted by atomic mass is 10.0. The van der Waals surface area contributed by atoms with Gasteiger partial charge in [0.05, 0.1) is 18.9 Å². The summed E-state index contributed by atoms with van der Waals surface area (Å²) < 4.78 is 13.3. The second-order valence-corrected chi connectivity index (χ2v) is 8.94. The molecule has 140 valence electrons. The molecule has 0 fully saturated rings. The standard InChI is InChI=1S/C20H20N2O3S2/c23-19-10-13(21-20-22(19)15-4-1-2-5-18(15)27-20)12-26-14-6-7-16-17(11-14)25-9-3-8-24-16/h6-7,10-11H,1-5,8-9,12H2. The monoisotopic (exact) mass is 400 g/mol.